The Morgan fingerprint density at radius 3 is 2.07 bits per heavy atom. The van der Waals surface area contributed by atoms with Gasteiger partial charge in [0, 0.05) is 0 Å². The molecule has 2 amide bonds. The fourth-order valence-electron chi connectivity index (χ4n) is 3.18. The number of fused-ring (bicyclic) bond motifs is 1. The fourth-order valence-corrected chi connectivity index (χ4v) is 3.18. The van der Waals surface area contributed by atoms with Crippen LogP contribution in [-0.2, 0) is 0 Å². The van der Waals surface area contributed by atoms with Crippen LogP contribution in [0.3, 0.4) is 0 Å². The lowest BCUT2D eigenvalue weighted by Gasteiger charge is -2.14. The summed E-state index contributed by atoms with van der Waals surface area (Å²) in [6.45, 7) is 3.99. The number of benzene rings is 3. The summed E-state index contributed by atoms with van der Waals surface area (Å²) in [5.74, 6) is -1.20. The first-order valence-electron chi connectivity index (χ1n) is 8.94. The lowest BCUT2D eigenvalue weighted by molar-refractivity contribution is -0.255. The second-order valence-electron chi connectivity index (χ2n) is 6.84. The van der Waals surface area contributed by atoms with Gasteiger partial charge in [-0.1, -0.05) is 18.2 Å². The average molecular weight is 386 g/mol. The molecular formula is C23H16NO5-. The number of hydrogen-bond donors (Lipinski definition) is 0. The van der Waals surface area contributed by atoms with Gasteiger partial charge >= 0.3 is 0 Å². The van der Waals surface area contributed by atoms with Gasteiger partial charge in [-0.25, -0.2) is 4.90 Å². The van der Waals surface area contributed by atoms with E-state index in [0.717, 1.165) is 16.0 Å². The highest BCUT2D eigenvalue weighted by Crippen LogP contribution is 2.32. The summed E-state index contributed by atoms with van der Waals surface area (Å²) in [4.78, 5) is 37.5. The summed E-state index contributed by atoms with van der Waals surface area (Å²) in [6, 6.07) is 15.8. The number of anilines is 1. The van der Waals surface area contributed by atoms with E-state index < -0.39 is 17.8 Å². The summed E-state index contributed by atoms with van der Waals surface area (Å²) in [5, 5.41) is 10.9. The van der Waals surface area contributed by atoms with Crippen LogP contribution >= 0.6 is 0 Å². The molecule has 6 heteroatoms. The Balaban J connectivity index is 1.63. The van der Waals surface area contributed by atoms with Crippen LogP contribution in [0.25, 0.3) is 0 Å². The van der Waals surface area contributed by atoms with Gasteiger partial charge < -0.3 is 14.6 Å². The molecule has 0 bridgehead atoms. The van der Waals surface area contributed by atoms with Gasteiger partial charge in [-0.3, -0.25) is 9.59 Å². The molecule has 4 rings (SSSR count). The van der Waals surface area contributed by atoms with Crippen LogP contribution in [0.1, 0.15) is 42.2 Å². The number of ether oxygens (including phenoxy) is 1. The Bertz CT molecular complexity index is 1160. The molecule has 144 valence electrons. The molecule has 0 aliphatic carbocycles. The van der Waals surface area contributed by atoms with Gasteiger partial charge in [-0.15, -0.1) is 0 Å². The van der Waals surface area contributed by atoms with Crippen molar-refractivity contribution in [3.05, 3.63) is 88.5 Å². The molecule has 0 unspecified atom stereocenters. The van der Waals surface area contributed by atoms with Crippen LogP contribution < -0.4 is 14.7 Å². The number of amides is 2. The molecule has 29 heavy (non-hydrogen) atoms. The predicted molar refractivity (Wildman–Crippen MR) is 104 cm³/mol. The summed E-state index contributed by atoms with van der Waals surface area (Å²) in [5.41, 5.74) is 2.99. The summed E-state index contributed by atoms with van der Waals surface area (Å²) < 4.78 is 5.85. The Hall–Kier alpha value is -3.93. The van der Waals surface area contributed by atoms with Gasteiger partial charge in [0.2, 0.25) is 0 Å². The van der Waals surface area contributed by atoms with Crippen LogP contribution in [0.4, 0.5) is 5.69 Å². The van der Waals surface area contributed by atoms with Crippen molar-refractivity contribution in [1.29, 1.82) is 0 Å². The monoisotopic (exact) mass is 386 g/mol. The molecular weight excluding hydrogens is 370 g/mol. The molecule has 0 fully saturated rings. The van der Waals surface area contributed by atoms with Gasteiger partial charge in [-0.2, -0.15) is 0 Å². The fraction of sp³-hybridized carbons (Fsp3) is 0.0870. The van der Waals surface area contributed by atoms with E-state index in [1.54, 1.807) is 18.2 Å². The van der Waals surface area contributed by atoms with Crippen molar-refractivity contribution < 1.29 is 24.2 Å². The molecule has 0 radical (unpaired) electrons. The van der Waals surface area contributed by atoms with Crippen molar-refractivity contribution in [1.82, 2.24) is 0 Å². The molecule has 0 saturated heterocycles. The molecule has 0 N–H and O–H groups in total. The van der Waals surface area contributed by atoms with Crippen molar-refractivity contribution in [2.45, 2.75) is 13.8 Å². The van der Waals surface area contributed by atoms with Crippen LogP contribution in [0.5, 0.6) is 11.5 Å². The topological polar surface area (TPSA) is 86.7 Å². The van der Waals surface area contributed by atoms with E-state index in [-0.39, 0.29) is 22.4 Å². The summed E-state index contributed by atoms with van der Waals surface area (Å²) in [6.07, 6.45) is 0. The maximum absolute atomic E-state index is 12.9. The predicted octanol–water partition coefficient (Wildman–Crippen LogP) is 3.26. The van der Waals surface area contributed by atoms with E-state index in [2.05, 4.69) is 0 Å². The van der Waals surface area contributed by atoms with Crippen LogP contribution in [-0.4, -0.2) is 17.8 Å². The molecule has 1 heterocycles. The van der Waals surface area contributed by atoms with Crippen molar-refractivity contribution >= 4 is 23.5 Å². The highest BCUT2D eigenvalue weighted by Gasteiger charge is 2.37. The minimum Gasteiger partial charge on any atom is -0.545 e. The number of rotatable bonds is 4. The first kappa shape index (κ1) is 18.4. The Morgan fingerprint density at radius 2 is 1.41 bits per heavy atom. The number of carboxylic acids is 1. The maximum Gasteiger partial charge on any atom is 0.266 e. The molecule has 1 aliphatic heterocycles. The van der Waals surface area contributed by atoms with Gasteiger partial charge in [0.25, 0.3) is 11.8 Å². The molecule has 6 nitrogen and oxygen atoms in total. The third-order valence-electron chi connectivity index (χ3n) is 4.93. The zero-order valence-corrected chi connectivity index (χ0v) is 15.8. The molecule has 0 aromatic heterocycles. The van der Waals surface area contributed by atoms with Gasteiger partial charge in [0.05, 0.1) is 22.8 Å². The number of carbonyl (C=O) groups is 3. The highest BCUT2D eigenvalue weighted by atomic mass is 16.5. The van der Waals surface area contributed by atoms with E-state index in [1.165, 1.54) is 24.3 Å². The van der Waals surface area contributed by atoms with Crippen LogP contribution in [0, 0.1) is 13.8 Å². The maximum atomic E-state index is 12.9. The quantitative estimate of drug-likeness (QED) is 0.643. The minimum absolute atomic E-state index is 0.0329. The van der Waals surface area contributed by atoms with Crippen molar-refractivity contribution in [3.63, 3.8) is 0 Å². The SMILES string of the molecule is Cc1ccc(Oc2ccc3c(c2)C(=O)N(c2ccc(C(=O)[O-])cc2)C3=O)cc1C. The lowest BCUT2D eigenvalue weighted by atomic mass is 10.1. The van der Waals surface area contributed by atoms with Crippen LogP contribution in [0.2, 0.25) is 0 Å². The first-order chi connectivity index (χ1) is 13.8. The molecule has 3 aromatic carbocycles. The van der Waals surface area contributed by atoms with Crippen molar-refractivity contribution in [2.24, 2.45) is 0 Å². The lowest BCUT2D eigenvalue weighted by Crippen LogP contribution is -2.29. The molecule has 0 atom stereocenters. The first-order valence-corrected chi connectivity index (χ1v) is 8.94. The highest BCUT2D eigenvalue weighted by molar-refractivity contribution is 6.34. The van der Waals surface area contributed by atoms with E-state index in [9.17, 15) is 19.5 Å². The van der Waals surface area contributed by atoms with Gasteiger partial charge in [0.15, 0.2) is 0 Å². The number of carbonyl (C=O) groups excluding carboxylic acids is 3. The minimum atomic E-state index is -1.33. The van der Waals surface area contributed by atoms with Crippen molar-refractivity contribution in [3.8, 4) is 11.5 Å². The number of aromatic carboxylic acids is 1. The largest absolute Gasteiger partial charge is 0.545 e. The smallest absolute Gasteiger partial charge is 0.266 e. The zero-order valence-electron chi connectivity index (χ0n) is 15.8. The molecule has 3 aromatic rings. The normalized spacial score (nSPS) is 12.8. The average Bonchev–Trinajstić information content (AvgIpc) is 2.95. The number of carboxylic acid groups (broad SMARTS) is 1. The Morgan fingerprint density at radius 1 is 0.793 bits per heavy atom. The standard InChI is InChI=1S/C23H17NO5/c1-13-3-8-17(11-14(13)2)29-18-9-10-19-20(12-18)22(26)24(21(19)25)16-6-4-15(5-7-16)23(27)28/h3-12H,1-2H3,(H,27,28)/p-1. The number of hydrogen-bond acceptors (Lipinski definition) is 5. The second kappa shape index (κ2) is 6.91. The zero-order chi connectivity index (χ0) is 20.7. The van der Waals surface area contributed by atoms with Gasteiger partial charge in [-0.05, 0) is 73.0 Å². The van der Waals surface area contributed by atoms with E-state index in [4.69, 9.17) is 4.74 Å². The number of aryl methyl sites for hydroxylation is 2. The van der Waals surface area contributed by atoms with Crippen LogP contribution in [0.15, 0.2) is 60.7 Å². The second-order valence-corrected chi connectivity index (χ2v) is 6.84. The molecule has 0 saturated carbocycles. The van der Waals surface area contributed by atoms with Gasteiger partial charge in [0.1, 0.15) is 11.5 Å². The number of nitrogens with zero attached hydrogens (tertiary/aromatic N) is 1. The van der Waals surface area contributed by atoms with E-state index in [1.807, 2.05) is 32.0 Å². The Labute approximate surface area is 167 Å². The Kier molecular flexibility index (Phi) is 4.39. The third-order valence-corrected chi connectivity index (χ3v) is 4.93. The third kappa shape index (κ3) is 3.25. The number of imide groups is 1. The summed E-state index contributed by atoms with van der Waals surface area (Å²) >= 11 is 0. The van der Waals surface area contributed by atoms with Crippen molar-refractivity contribution in [2.75, 3.05) is 4.90 Å². The van der Waals surface area contributed by atoms with E-state index in [0.29, 0.717) is 11.5 Å². The van der Waals surface area contributed by atoms with E-state index >= 15 is 0 Å². The molecule has 0 spiro atoms. The molecule has 1 aliphatic rings. The summed E-state index contributed by atoms with van der Waals surface area (Å²) in [7, 11) is 0.